The lowest BCUT2D eigenvalue weighted by Crippen LogP contribution is -2.68. The molecule has 5 atom stereocenters. The van der Waals surface area contributed by atoms with Crippen molar-refractivity contribution in [1.29, 1.82) is 0 Å². The van der Waals surface area contributed by atoms with Crippen LogP contribution in [0.25, 0.3) is 5.57 Å². The third-order valence-electron chi connectivity index (χ3n) is 6.75. The van der Waals surface area contributed by atoms with Gasteiger partial charge in [-0.2, -0.15) is 0 Å². The Morgan fingerprint density at radius 2 is 2.20 bits per heavy atom. The van der Waals surface area contributed by atoms with E-state index in [-0.39, 0.29) is 17.2 Å². The zero-order valence-electron chi connectivity index (χ0n) is 13.2. The number of aliphatic hydroxyl groups is 2. The second kappa shape index (κ2) is 3.79. The van der Waals surface area contributed by atoms with Crippen LogP contribution in [-0.2, 0) is 5.41 Å². The van der Waals surface area contributed by atoms with Gasteiger partial charge >= 0.3 is 0 Å². The summed E-state index contributed by atoms with van der Waals surface area (Å²) in [4.78, 5) is 12.4. The first-order valence-corrected chi connectivity index (χ1v) is 9.55. The Balaban J connectivity index is 1.78. The Kier molecular flexibility index (Phi) is 2.03. The molecule has 1 spiro atoms. The van der Waals surface area contributed by atoms with Gasteiger partial charge in [-0.1, -0.05) is 0 Å². The summed E-state index contributed by atoms with van der Waals surface area (Å²) >= 11 is 1.61. The van der Waals surface area contributed by atoms with E-state index in [4.69, 9.17) is 4.99 Å². The molecule has 0 aromatic heterocycles. The van der Waals surface area contributed by atoms with Crippen molar-refractivity contribution in [2.24, 2.45) is 9.98 Å². The van der Waals surface area contributed by atoms with Gasteiger partial charge < -0.3 is 20.2 Å². The van der Waals surface area contributed by atoms with Gasteiger partial charge in [0.25, 0.3) is 0 Å². The number of hydrogen-bond donors (Lipinski definition) is 3. The molecule has 1 fully saturated rings. The van der Waals surface area contributed by atoms with E-state index in [9.17, 15) is 15.3 Å². The van der Waals surface area contributed by atoms with Crippen LogP contribution in [0.5, 0.6) is 5.75 Å². The second-order valence-electron chi connectivity index (χ2n) is 7.71. The first-order chi connectivity index (χ1) is 12.1. The van der Waals surface area contributed by atoms with Crippen LogP contribution in [0.1, 0.15) is 18.4 Å². The van der Waals surface area contributed by atoms with E-state index in [1.165, 1.54) is 0 Å². The molecule has 0 amide bonds. The van der Waals surface area contributed by atoms with Gasteiger partial charge in [0.05, 0.1) is 29.4 Å². The molecule has 6 aliphatic rings. The average molecular weight is 353 g/mol. The molecular weight excluding hydrogens is 338 g/mol. The minimum absolute atomic E-state index is 0.0283. The van der Waals surface area contributed by atoms with Gasteiger partial charge in [0, 0.05) is 23.5 Å². The largest absolute Gasteiger partial charge is 0.504 e. The zero-order valence-corrected chi connectivity index (χ0v) is 14.0. The van der Waals surface area contributed by atoms with Crippen molar-refractivity contribution in [3.8, 4) is 5.75 Å². The maximum absolute atomic E-state index is 11.4. The molecule has 0 saturated carbocycles. The monoisotopic (exact) mass is 353 g/mol. The Hall–Kier alpha value is -1.83. The average Bonchev–Trinajstić information content (AvgIpc) is 3.13. The summed E-state index contributed by atoms with van der Waals surface area (Å²) in [5.41, 5.74) is 3.19. The summed E-state index contributed by atoms with van der Waals surface area (Å²) in [6.45, 7) is 0.736. The minimum Gasteiger partial charge on any atom is -0.504 e. The predicted molar refractivity (Wildman–Crippen MR) is 94.0 cm³/mol. The molecule has 1 saturated heterocycles. The number of aliphatic hydroxyl groups excluding tert-OH is 2. The third-order valence-corrected chi connectivity index (χ3v) is 8.05. The Morgan fingerprint density at radius 3 is 3.08 bits per heavy atom. The number of phenolic OH excluding ortho intramolecular Hbond substituents is 1. The third kappa shape index (κ3) is 1.19. The van der Waals surface area contributed by atoms with Crippen LogP contribution in [0, 0.1) is 0 Å². The fourth-order valence-corrected chi connectivity index (χ4v) is 7.34. The Morgan fingerprint density at radius 1 is 1.32 bits per heavy atom. The topological polar surface area (TPSA) is 88.7 Å². The maximum Gasteiger partial charge on any atom is 0.167 e. The molecule has 5 unspecified atom stereocenters. The highest BCUT2D eigenvalue weighted by molar-refractivity contribution is 8.04. The van der Waals surface area contributed by atoms with Crippen molar-refractivity contribution in [2.45, 2.75) is 41.9 Å². The van der Waals surface area contributed by atoms with Gasteiger partial charge in [-0.3, -0.25) is 9.98 Å². The molecule has 1 aromatic carbocycles. The van der Waals surface area contributed by atoms with Crippen LogP contribution in [-0.4, -0.2) is 51.7 Å². The van der Waals surface area contributed by atoms with Gasteiger partial charge in [0.15, 0.2) is 5.75 Å². The normalized spacial score (nSPS) is 40.3. The number of rotatable bonds is 0. The van der Waals surface area contributed by atoms with Crippen molar-refractivity contribution in [3.05, 3.63) is 27.1 Å². The van der Waals surface area contributed by atoms with Crippen molar-refractivity contribution in [2.75, 3.05) is 11.4 Å². The fourth-order valence-electron chi connectivity index (χ4n) is 5.81. The molecule has 1 aromatic rings. The molecule has 0 radical (unpaired) electrons. The number of thioether (sulfide) groups is 1. The second-order valence-corrected chi connectivity index (χ2v) is 8.92. The number of phenols is 1. The smallest absolute Gasteiger partial charge is 0.167 e. The predicted octanol–water partition coefficient (Wildman–Crippen LogP) is -0.196. The molecule has 25 heavy (non-hydrogen) atoms. The minimum atomic E-state index is -0.701. The number of hydrogen-bond acceptors (Lipinski definition) is 7. The van der Waals surface area contributed by atoms with E-state index in [0.29, 0.717) is 11.0 Å². The van der Waals surface area contributed by atoms with Crippen LogP contribution in [0.4, 0.5) is 11.4 Å². The van der Waals surface area contributed by atoms with Crippen LogP contribution in [0.15, 0.2) is 21.0 Å². The van der Waals surface area contributed by atoms with Crippen LogP contribution in [0.3, 0.4) is 0 Å². The molecule has 3 bridgehead atoms. The van der Waals surface area contributed by atoms with E-state index in [0.717, 1.165) is 46.3 Å². The lowest BCUT2D eigenvalue weighted by molar-refractivity contribution is 0.0102. The van der Waals surface area contributed by atoms with Gasteiger partial charge in [0.1, 0.15) is 16.4 Å². The van der Waals surface area contributed by atoms with Crippen molar-refractivity contribution in [3.63, 3.8) is 0 Å². The van der Waals surface area contributed by atoms with Crippen LogP contribution in [0.2, 0.25) is 0 Å². The summed E-state index contributed by atoms with van der Waals surface area (Å²) in [7, 11) is 0. The highest BCUT2D eigenvalue weighted by Crippen LogP contribution is 2.63. The summed E-state index contributed by atoms with van der Waals surface area (Å²) in [6, 6.07) is -0.350. The number of aromatic hydroxyl groups is 1. The van der Waals surface area contributed by atoms with E-state index < -0.39 is 17.6 Å². The lowest BCUT2D eigenvalue weighted by Gasteiger charge is -2.55. The number of benzene rings is 1. The first-order valence-electron chi connectivity index (χ1n) is 8.67. The molecule has 5 heterocycles. The summed E-state index contributed by atoms with van der Waals surface area (Å²) in [6.07, 6.45) is 3.90. The molecule has 1 aliphatic carbocycles. The van der Waals surface area contributed by atoms with Crippen molar-refractivity contribution < 1.29 is 15.3 Å². The number of anilines is 1. The van der Waals surface area contributed by atoms with Gasteiger partial charge in [-0.15, -0.1) is 11.8 Å². The molecule has 126 valence electrons. The quantitative estimate of drug-likeness (QED) is 0.601. The maximum atomic E-state index is 11.4. The van der Waals surface area contributed by atoms with Crippen LogP contribution >= 0.6 is 11.8 Å². The van der Waals surface area contributed by atoms with Gasteiger partial charge in [0.2, 0.25) is 0 Å². The highest BCUT2D eigenvalue weighted by atomic mass is 32.2. The van der Waals surface area contributed by atoms with E-state index in [2.05, 4.69) is 9.89 Å². The SMILES string of the molecule is Oc1c2c3c4c5c1=NC1CC56C(=CC(O)C(C6O)N4CCC=3C=N2)S1. The standard InChI is InChI=1S/C18H15N3O3S/c22-7-3-8-18-4-9(25-8)20-13-11(18)15-10-6(5-19-12(10)16(13)23)1-2-21(15)14(7)17(18)24/h3,5,7,9,14,17,22-24H,1-2,4H2. The Bertz CT molecular complexity index is 1090. The molecule has 7 heteroatoms. The summed E-state index contributed by atoms with van der Waals surface area (Å²) in [5, 5.41) is 34.6. The number of aliphatic imine (C=N–C) groups is 1. The zero-order chi connectivity index (χ0) is 16.7. The van der Waals surface area contributed by atoms with Crippen LogP contribution < -0.4 is 15.5 Å². The molecule has 3 N–H and O–H groups in total. The number of nitrogens with zero attached hydrogens (tertiary/aromatic N) is 3. The van der Waals surface area contributed by atoms with E-state index >= 15 is 0 Å². The molecule has 6 nitrogen and oxygen atoms in total. The first kappa shape index (κ1) is 13.4. The van der Waals surface area contributed by atoms with Gasteiger partial charge in [-0.05, 0) is 29.4 Å². The van der Waals surface area contributed by atoms with E-state index in [1.54, 1.807) is 11.8 Å². The summed E-state index contributed by atoms with van der Waals surface area (Å²) in [5.74, 6) is 0.143. The fraction of sp³-hybridized carbons (Fsp3) is 0.444. The number of fused-ring (bicyclic) bond motifs is 3. The van der Waals surface area contributed by atoms with Crippen molar-refractivity contribution in [1.82, 2.24) is 0 Å². The lowest BCUT2D eigenvalue weighted by atomic mass is 9.61. The van der Waals surface area contributed by atoms with E-state index in [1.807, 2.05) is 12.3 Å². The Labute approximate surface area is 146 Å². The highest BCUT2D eigenvalue weighted by Gasteiger charge is 2.64. The van der Waals surface area contributed by atoms with Gasteiger partial charge in [-0.25, -0.2) is 0 Å². The summed E-state index contributed by atoms with van der Waals surface area (Å²) < 4.78 is 0. The molecule has 5 aliphatic heterocycles. The van der Waals surface area contributed by atoms with Crippen molar-refractivity contribution >= 4 is 34.9 Å². The molecule has 7 rings (SSSR count). The molecular formula is C18H15N3O3S.